The van der Waals surface area contributed by atoms with E-state index in [1.165, 1.54) is 37.0 Å². The van der Waals surface area contributed by atoms with Crippen LogP contribution in [0.15, 0.2) is 60.2 Å². The van der Waals surface area contributed by atoms with Crippen LogP contribution in [0.25, 0.3) is 27.6 Å². The van der Waals surface area contributed by atoms with Crippen molar-refractivity contribution in [3.8, 4) is 0 Å². The standard InChI is InChI=1S/C25H23N3/c1-15-10-16-11-17-13-25(12-15,14-19(16)17)24-27-20-7-3-2-6-18(20)23-26-21-8-4-5-9-22(21)28(23)24/h2-10,15,17,19H,11-14H2,1H3. The summed E-state index contributed by atoms with van der Waals surface area (Å²) in [5.74, 6) is 3.53. The van der Waals surface area contributed by atoms with E-state index < -0.39 is 0 Å². The first-order valence-corrected chi connectivity index (χ1v) is 10.6. The second kappa shape index (κ2) is 5.02. The van der Waals surface area contributed by atoms with Crippen molar-refractivity contribution in [2.24, 2.45) is 17.8 Å². The number of rotatable bonds is 1. The molecule has 4 unspecified atom stereocenters. The third kappa shape index (κ3) is 1.80. The molecule has 3 aliphatic carbocycles. The fourth-order valence-corrected chi connectivity index (χ4v) is 6.63. The highest BCUT2D eigenvalue weighted by Gasteiger charge is 2.55. The lowest BCUT2D eigenvalue weighted by atomic mass is 9.69. The van der Waals surface area contributed by atoms with Crippen molar-refractivity contribution in [2.75, 3.05) is 0 Å². The molecule has 2 heterocycles. The molecule has 2 saturated carbocycles. The minimum Gasteiger partial charge on any atom is -0.279 e. The fraction of sp³-hybridized carbons (Fsp3) is 0.360. The van der Waals surface area contributed by atoms with Gasteiger partial charge in [-0.25, -0.2) is 9.97 Å². The normalized spacial score (nSPS) is 31.2. The summed E-state index contributed by atoms with van der Waals surface area (Å²) in [6.45, 7) is 2.40. The van der Waals surface area contributed by atoms with Crippen molar-refractivity contribution < 1.29 is 0 Å². The molecule has 0 saturated heterocycles. The van der Waals surface area contributed by atoms with Crippen molar-refractivity contribution in [1.29, 1.82) is 0 Å². The lowest BCUT2D eigenvalue weighted by Gasteiger charge is -2.36. The summed E-state index contributed by atoms with van der Waals surface area (Å²) in [6, 6.07) is 17.1. The molecule has 138 valence electrons. The van der Waals surface area contributed by atoms with E-state index in [1.807, 2.05) is 0 Å². The predicted molar refractivity (Wildman–Crippen MR) is 112 cm³/mol. The van der Waals surface area contributed by atoms with Gasteiger partial charge in [-0.3, -0.25) is 4.40 Å². The number of hydrogen-bond donors (Lipinski definition) is 0. The zero-order valence-corrected chi connectivity index (χ0v) is 16.1. The zero-order chi connectivity index (χ0) is 18.5. The third-order valence-electron chi connectivity index (χ3n) is 7.64. The summed E-state index contributed by atoms with van der Waals surface area (Å²) < 4.78 is 2.40. The molecule has 0 aliphatic heterocycles. The molecule has 0 N–H and O–H groups in total. The number of para-hydroxylation sites is 3. The SMILES string of the molecule is CC1C=C2CC3CC(c4nc5ccccc5c5nc6ccccc6n45)(C1)CC23. The second-order valence-electron chi connectivity index (χ2n) is 9.39. The van der Waals surface area contributed by atoms with Crippen molar-refractivity contribution in [3.63, 3.8) is 0 Å². The van der Waals surface area contributed by atoms with E-state index >= 15 is 0 Å². The molecule has 2 fully saturated rings. The Morgan fingerprint density at radius 1 is 0.929 bits per heavy atom. The van der Waals surface area contributed by atoms with E-state index in [2.05, 4.69) is 65.9 Å². The number of fused-ring (bicyclic) bond motifs is 6. The Hall–Kier alpha value is -2.68. The Morgan fingerprint density at radius 2 is 1.75 bits per heavy atom. The van der Waals surface area contributed by atoms with Crippen molar-refractivity contribution in [2.45, 2.75) is 38.0 Å². The Kier molecular flexibility index (Phi) is 2.74. The topological polar surface area (TPSA) is 30.2 Å². The van der Waals surface area contributed by atoms with E-state index in [0.717, 1.165) is 33.9 Å². The Bertz CT molecular complexity index is 1310. The largest absolute Gasteiger partial charge is 0.279 e. The van der Waals surface area contributed by atoms with Gasteiger partial charge >= 0.3 is 0 Å². The minimum atomic E-state index is 0.162. The highest BCUT2D eigenvalue weighted by atomic mass is 15.1. The third-order valence-corrected chi connectivity index (χ3v) is 7.64. The second-order valence-corrected chi connectivity index (χ2v) is 9.39. The van der Waals surface area contributed by atoms with Crippen LogP contribution in [-0.4, -0.2) is 14.4 Å². The lowest BCUT2D eigenvalue weighted by molar-refractivity contribution is 0.300. The molecule has 3 nitrogen and oxygen atoms in total. The molecule has 3 heteroatoms. The molecule has 2 aromatic carbocycles. The van der Waals surface area contributed by atoms with Crippen LogP contribution in [0.5, 0.6) is 0 Å². The summed E-state index contributed by atoms with van der Waals surface area (Å²) in [4.78, 5) is 10.4. The quantitative estimate of drug-likeness (QED) is 0.407. The Morgan fingerprint density at radius 3 is 2.68 bits per heavy atom. The minimum absolute atomic E-state index is 0.162. The number of hydrogen-bond acceptors (Lipinski definition) is 2. The molecule has 4 atom stereocenters. The molecular weight excluding hydrogens is 342 g/mol. The summed E-state index contributed by atoms with van der Waals surface area (Å²) in [5, 5.41) is 1.15. The lowest BCUT2D eigenvalue weighted by Crippen LogP contribution is -2.30. The van der Waals surface area contributed by atoms with Gasteiger partial charge in [0.1, 0.15) is 11.5 Å². The highest BCUT2D eigenvalue weighted by Crippen LogP contribution is 2.62. The predicted octanol–water partition coefficient (Wildman–Crippen LogP) is 5.67. The first-order valence-electron chi connectivity index (χ1n) is 10.6. The molecule has 4 aromatic rings. The molecule has 2 bridgehead atoms. The van der Waals surface area contributed by atoms with E-state index in [1.54, 1.807) is 5.57 Å². The first kappa shape index (κ1) is 15.3. The number of nitrogens with zero attached hydrogens (tertiary/aromatic N) is 3. The highest BCUT2D eigenvalue weighted by molar-refractivity contribution is 5.96. The molecular formula is C25H23N3. The van der Waals surface area contributed by atoms with E-state index in [-0.39, 0.29) is 5.41 Å². The smallest absolute Gasteiger partial charge is 0.148 e. The van der Waals surface area contributed by atoms with Gasteiger partial charge < -0.3 is 0 Å². The summed E-state index contributed by atoms with van der Waals surface area (Å²) in [6.07, 6.45) is 7.65. The van der Waals surface area contributed by atoms with Crippen molar-refractivity contribution in [3.05, 3.63) is 66.0 Å². The maximum absolute atomic E-state index is 5.35. The van der Waals surface area contributed by atoms with Crippen LogP contribution in [-0.2, 0) is 5.41 Å². The molecule has 0 radical (unpaired) electrons. The van der Waals surface area contributed by atoms with Gasteiger partial charge in [0, 0.05) is 10.8 Å². The van der Waals surface area contributed by atoms with Crippen LogP contribution in [0.1, 0.15) is 38.4 Å². The summed E-state index contributed by atoms with van der Waals surface area (Å²) in [5.41, 5.74) is 6.31. The van der Waals surface area contributed by atoms with Crippen LogP contribution in [0.4, 0.5) is 0 Å². The van der Waals surface area contributed by atoms with Crippen LogP contribution in [0.2, 0.25) is 0 Å². The number of imidazole rings is 1. The maximum atomic E-state index is 5.35. The van der Waals surface area contributed by atoms with Gasteiger partial charge in [-0.2, -0.15) is 0 Å². The van der Waals surface area contributed by atoms with Crippen LogP contribution >= 0.6 is 0 Å². The van der Waals surface area contributed by atoms with Crippen LogP contribution in [0, 0.1) is 17.8 Å². The zero-order valence-electron chi connectivity index (χ0n) is 16.1. The number of allylic oxidation sites excluding steroid dienone is 2. The Balaban J connectivity index is 1.61. The van der Waals surface area contributed by atoms with Gasteiger partial charge in [-0.1, -0.05) is 42.8 Å². The first-order chi connectivity index (χ1) is 13.7. The molecule has 0 amide bonds. The van der Waals surface area contributed by atoms with Gasteiger partial charge in [0.05, 0.1) is 16.6 Å². The van der Waals surface area contributed by atoms with Crippen molar-refractivity contribution in [1.82, 2.24) is 14.4 Å². The van der Waals surface area contributed by atoms with Gasteiger partial charge in [0.15, 0.2) is 0 Å². The van der Waals surface area contributed by atoms with E-state index in [9.17, 15) is 0 Å². The van der Waals surface area contributed by atoms with Gasteiger partial charge in [0.25, 0.3) is 0 Å². The molecule has 2 aromatic heterocycles. The van der Waals surface area contributed by atoms with Gasteiger partial charge in [0.2, 0.25) is 0 Å². The monoisotopic (exact) mass is 365 g/mol. The van der Waals surface area contributed by atoms with E-state index in [0.29, 0.717) is 5.92 Å². The Labute approximate surface area is 164 Å². The summed E-state index contributed by atoms with van der Waals surface area (Å²) in [7, 11) is 0. The van der Waals surface area contributed by atoms with E-state index in [4.69, 9.17) is 9.97 Å². The molecule has 3 aliphatic rings. The molecule has 7 rings (SSSR count). The van der Waals surface area contributed by atoms with Crippen LogP contribution < -0.4 is 0 Å². The number of aromatic nitrogens is 3. The fourth-order valence-electron chi connectivity index (χ4n) is 6.63. The van der Waals surface area contributed by atoms with Crippen LogP contribution in [0.3, 0.4) is 0 Å². The number of benzene rings is 2. The summed E-state index contributed by atoms with van der Waals surface area (Å²) >= 11 is 0. The molecule has 28 heavy (non-hydrogen) atoms. The van der Waals surface area contributed by atoms with Crippen molar-refractivity contribution >= 4 is 27.6 Å². The average molecular weight is 365 g/mol. The molecule has 0 spiro atoms. The van der Waals surface area contributed by atoms with Gasteiger partial charge in [-0.15, -0.1) is 0 Å². The van der Waals surface area contributed by atoms with Gasteiger partial charge in [-0.05, 0) is 67.7 Å². The maximum Gasteiger partial charge on any atom is 0.148 e. The average Bonchev–Trinajstić information content (AvgIpc) is 3.18.